The summed E-state index contributed by atoms with van der Waals surface area (Å²) in [5, 5.41) is 11.1. The fourth-order valence-electron chi connectivity index (χ4n) is 6.87. The third-order valence-corrected chi connectivity index (χ3v) is 10.00. The van der Waals surface area contributed by atoms with Crippen LogP contribution in [0.1, 0.15) is 30.5 Å². The lowest BCUT2D eigenvalue weighted by atomic mass is 10.0. The lowest BCUT2D eigenvalue weighted by Gasteiger charge is -2.42. The number of carbonyl (C=O) groups excluding carboxylic acids is 1. The number of aromatic nitrogens is 2. The summed E-state index contributed by atoms with van der Waals surface area (Å²) in [6.07, 6.45) is 2.71. The summed E-state index contributed by atoms with van der Waals surface area (Å²) in [5.41, 5.74) is 2.55. The minimum Gasteiger partial charge on any atom is -0.463 e. The van der Waals surface area contributed by atoms with Gasteiger partial charge in [-0.25, -0.2) is 8.78 Å². The summed E-state index contributed by atoms with van der Waals surface area (Å²) in [4.78, 5) is 30.3. The first-order valence-electron chi connectivity index (χ1n) is 16.2. The number of benzene rings is 2. The van der Waals surface area contributed by atoms with Gasteiger partial charge in [-0.2, -0.15) is 15.2 Å². The predicted molar refractivity (Wildman–Crippen MR) is 180 cm³/mol. The molecule has 0 spiro atoms. The molecule has 48 heavy (non-hydrogen) atoms. The first-order valence-corrected chi connectivity index (χ1v) is 16.6. The van der Waals surface area contributed by atoms with Crippen molar-refractivity contribution in [2.45, 2.75) is 38.3 Å². The maximum Gasteiger partial charge on any atom is 0.318 e. The average Bonchev–Trinajstić information content (AvgIpc) is 3.86. The van der Waals surface area contributed by atoms with Crippen LogP contribution in [0.2, 0.25) is 5.02 Å². The monoisotopic (exact) mass is 679 g/mol. The van der Waals surface area contributed by atoms with Gasteiger partial charge >= 0.3 is 6.01 Å². The second-order valence-electron chi connectivity index (χ2n) is 13.0. The Morgan fingerprint density at radius 3 is 2.75 bits per heavy atom. The number of anilines is 2. The van der Waals surface area contributed by atoms with E-state index in [4.69, 9.17) is 31.0 Å². The number of fused-ring (bicyclic) bond motifs is 2. The van der Waals surface area contributed by atoms with Crippen molar-refractivity contribution in [2.24, 2.45) is 5.41 Å². The van der Waals surface area contributed by atoms with Gasteiger partial charge in [0.1, 0.15) is 11.6 Å². The molecule has 2 aromatic carbocycles. The second-order valence-corrected chi connectivity index (χ2v) is 13.4. The van der Waals surface area contributed by atoms with E-state index in [1.54, 1.807) is 13.2 Å². The average molecular weight is 680 g/mol. The molecule has 0 bridgehead atoms. The lowest BCUT2D eigenvalue weighted by Crippen LogP contribution is -2.55. The van der Waals surface area contributed by atoms with Crippen molar-refractivity contribution < 1.29 is 23.0 Å². The van der Waals surface area contributed by atoms with Crippen molar-refractivity contribution in [1.82, 2.24) is 19.8 Å². The van der Waals surface area contributed by atoms with Gasteiger partial charge < -0.3 is 29.1 Å². The number of halogens is 3. The number of ether oxygens (including phenoxy) is 2. The van der Waals surface area contributed by atoms with Crippen LogP contribution in [0.4, 0.5) is 20.3 Å². The van der Waals surface area contributed by atoms with E-state index in [0.717, 1.165) is 48.3 Å². The maximum absolute atomic E-state index is 14.6. The molecule has 254 valence electrons. The number of hydrogen-bond donors (Lipinski definition) is 0. The van der Waals surface area contributed by atoms with Crippen LogP contribution in [0.3, 0.4) is 0 Å². The zero-order valence-corrected chi connectivity index (χ0v) is 28.1. The molecule has 0 N–H and O–H groups in total. The third kappa shape index (κ3) is 7.04. The van der Waals surface area contributed by atoms with E-state index in [0.29, 0.717) is 57.0 Å². The molecule has 1 aromatic heterocycles. The summed E-state index contributed by atoms with van der Waals surface area (Å²) < 4.78 is 40.1. The predicted octanol–water partition coefficient (Wildman–Crippen LogP) is 5.14. The largest absolute Gasteiger partial charge is 0.463 e. The number of hydrogen-bond acceptors (Lipinski definition) is 9. The first-order chi connectivity index (χ1) is 23.1. The summed E-state index contributed by atoms with van der Waals surface area (Å²) in [7, 11) is 3.77. The Morgan fingerprint density at radius 1 is 1.21 bits per heavy atom. The van der Waals surface area contributed by atoms with Crippen molar-refractivity contribution in [3.8, 4) is 12.1 Å². The normalized spacial score (nSPS) is 18.5. The molecule has 2 fully saturated rings. The summed E-state index contributed by atoms with van der Waals surface area (Å²) in [6.45, 7) is 7.90. The summed E-state index contributed by atoms with van der Waals surface area (Å²) in [5.74, 6) is -1.63. The number of nitrogens with zero attached hydrogens (tertiary/aromatic N) is 7. The maximum atomic E-state index is 14.6. The molecule has 1 atom stereocenters. The third-order valence-electron chi connectivity index (χ3n) is 9.63. The number of likely N-dealkylation sites (N-methyl/N-ethyl adjacent to an activating group) is 1. The molecule has 0 unspecified atom stereocenters. The van der Waals surface area contributed by atoms with Crippen molar-refractivity contribution in [3.63, 3.8) is 0 Å². The number of amides is 1. The Hall–Kier alpha value is -4.05. The van der Waals surface area contributed by atoms with Gasteiger partial charge in [0, 0.05) is 68.4 Å². The number of carbonyl (C=O) groups is 1. The molecule has 3 heterocycles. The number of nitriles is 1. The van der Waals surface area contributed by atoms with E-state index < -0.39 is 23.6 Å². The van der Waals surface area contributed by atoms with Crippen LogP contribution in [0, 0.1) is 22.6 Å². The first kappa shape index (κ1) is 33.8. The Kier molecular flexibility index (Phi) is 10.0. The highest BCUT2D eigenvalue weighted by atomic mass is 35.5. The highest BCUT2D eigenvalue weighted by Crippen LogP contribution is 2.46. The van der Waals surface area contributed by atoms with Gasteiger partial charge in [0.15, 0.2) is 5.83 Å². The zero-order chi connectivity index (χ0) is 34.0. The van der Waals surface area contributed by atoms with E-state index in [2.05, 4.69) is 29.5 Å². The van der Waals surface area contributed by atoms with Gasteiger partial charge in [0.05, 0.1) is 49.0 Å². The molecule has 1 saturated heterocycles. The SMILES string of the molecule is C=C(F)C(=O)N1CCN(c2nc(OCC3(CN(C)CCOC)CC3)nc3c2CCN(c2cccc4ccc(F)c(Cl)c24)C3)C[C@@H]1CC#N. The van der Waals surface area contributed by atoms with Crippen LogP contribution in [0.15, 0.2) is 42.7 Å². The molecular formula is C35H40ClF2N7O3. The molecular weight excluding hydrogens is 640 g/mol. The quantitative estimate of drug-likeness (QED) is 0.241. The van der Waals surface area contributed by atoms with Gasteiger partial charge in [0.2, 0.25) is 0 Å². The van der Waals surface area contributed by atoms with E-state index in [9.17, 15) is 18.8 Å². The summed E-state index contributed by atoms with van der Waals surface area (Å²) in [6, 6.07) is 10.7. The van der Waals surface area contributed by atoms with Crippen LogP contribution >= 0.6 is 11.6 Å². The molecule has 3 aromatic rings. The van der Waals surface area contributed by atoms with Crippen LogP contribution in [-0.4, -0.2) is 98.4 Å². The molecule has 0 radical (unpaired) electrons. The van der Waals surface area contributed by atoms with Gasteiger partial charge in [0.25, 0.3) is 5.91 Å². The fraction of sp³-hybridized carbons (Fsp3) is 0.486. The van der Waals surface area contributed by atoms with E-state index in [1.807, 2.05) is 23.1 Å². The van der Waals surface area contributed by atoms with Crippen LogP contribution in [-0.2, 0) is 22.5 Å². The molecule has 2 aliphatic heterocycles. The number of rotatable bonds is 12. The lowest BCUT2D eigenvalue weighted by molar-refractivity contribution is -0.131. The number of methoxy groups -OCH3 is 1. The highest BCUT2D eigenvalue weighted by molar-refractivity contribution is 6.36. The Labute approximate surface area is 284 Å². The van der Waals surface area contributed by atoms with Gasteiger partial charge in [-0.3, -0.25) is 4.79 Å². The van der Waals surface area contributed by atoms with Crippen LogP contribution < -0.4 is 14.5 Å². The van der Waals surface area contributed by atoms with E-state index in [-0.39, 0.29) is 29.4 Å². The molecule has 6 rings (SSSR count). The molecule has 1 aliphatic carbocycles. The molecule has 1 saturated carbocycles. The number of piperazine rings is 1. The van der Waals surface area contributed by atoms with Crippen molar-refractivity contribution in [2.75, 3.05) is 76.4 Å². The molecule has 3 aliphatic rings. The van der Waals surface area contributed by atoms with Gasteiger partial charge in [-0.1, -0.05) is 36.4 Å². The fourth-order valence-corrected chi connectivity index (χ4v) is 7.14. The van der Waals surface area contributed by atoms with Gasteiger partial charge in [-0.15, -0.1) is 0 Å². The second kappa shape index (κ2) is 14.2. The van der Waals surface area contributed by atoms with Crippen molar-refractivity contribution in [3.05, 3.63) is 64.8 Å². The van der Waals surface area contributed by atoms with Crippen molar-refractivity contribution in [1.29, 1.82) is 5.26 Å². The van der Waals surface area contributed by atoms with Gasteiger partial charge in [-0.05, 0) is 43.8 Å². The standard InChI is InChI=1S/C35H40ClF2N7O3/c1-23(37)33(46)45-16-15-44(19-25(45)9-13-39)32-26-10-14-43(29-6-4-5-24-7-8-27(38)31(36)30(24)29)20-28(26)40-34(41-32)48-22-35(11-12-35)21-42(2)17-18-47-3/h4-8,25H,1,9-12,14-22H2,2-3H3/t25-/m0/s1. The van der Waals surface area contributed by atoms with E-state index in [1.165, 1.54) is 11.0 Å². The molecule has 10 nitrogen and oxygen atoms in total. The molecule has 13 heteroatoms. The molecule has 1 amide bonds. The Balaban J connectivity index is 1.32. The van der Waals surface area contributed by atoms with Crippen LogP contribution in [0.5, 0.6) is 6.01 Å². The Morgan fingerprint density at radius 2 is 2.02 bits per heavy atom. The van der Waals surface area contributed by atoms with Crippen LogP contribution in [0.25, 0.3) is 10.8 Å². The van der Waals surface area contributed by atoms with Crippen molar-refractivity contribution >= 4 is 39.8 Å². The topological polar surface area (TPSA) is 98.1 Å². The van der Waals surface area contributed by atoms with E-state index >= 15 is 0 Å². The Bertz CT molecular complexity index is 1750. The summed E-state index contributed by atoms with van der Waals surface area (Å²) >= 11 is 6.51. The minimum absolute atomic E-state index is 0.0103. The zero-order valence-electron chi connectivity index (χ0n) is 27.4. The smallest absolute Gasteiger partial charge is 0.318 e. The minimum atomic E-state index is -1.04. The highest BCUT2D eigenvalue weighted by Gasteiger charge is 2.44.